The van der Waals surface area contributed by atoms with Crippen molar-refractivity contribution in [3.63, 3.8) is 0 Å². The molecule has 1 fully saturated rings. The highest BCUT2D eigenvalue weighted by molar-refractivity contribution is 6.03. The van der Waals surface area contributed by atoms with Crippen LogP contribution in [0.25, 0.3) is 0 Å². The van der Waals surface area contributed by atoms with Crippen molar-refractivity contribution in [1.82, 2.24) is 9.80 Å². The van der Waals surface area contributed by atoms with Crippen LogP contribution in [0.15, 0.2) is 18.2 Å². The molecule has 7 heteroatoms. The highest BCUT2D eigenvalue weighted by atomic mass is 16.5. The van der Waals surface area contributed by atoms with Gasteiger partial charge in [0.25, 0.3) is 0 Å². The number of rotatable bonds is 5. The molecule has 1 heterocycles. The van der Waals surface area contributed by atoms with Crippen LogP contribution in [0.5, 0.6) is 11.5 Å². The van der Waals surface area contributed by atoms with E-state index in [1.807, 2.05) is 7.05 Å². The zero-order valence-electron chi connectivity index (χ0n) is 13.8. The Morgan fingerprint density at radius 2 is 1.74 bits per heavy atom. The van der Waals surface area contributed by atoms with Crippen molar-refractivity contribution in [3.05, 3.63) is 18.2 Å². The monoisotopic (exact) mass is 321 g/mol. The summed E-state index contributed by atoms with van der Waals surface area (Å²) in [6.07, 6.45) is -0.155. The highest BCUT2D eigenvalue weighted by Crippen LogP contribution is 2.29. The van der Waals surface area contributed by atoms with Gasteiger partial charge in [-0.15, -0.1) is 0 Å². The van der Waals surface area contributed by atoms with Crippen LogP contribution >= 0.6 is 0 Å². The molecule has 2 amide bonds. The summed E-state index contributed by atoms with van der Waals surface area (Å²) >= 11 is 0. The molecule has 1 N–H and O–H groups in total. The molecule has 0 saturated carbocycles. The number of nitrogens with zero attached hydrogens (tertiary/aromatic N) is 2. The van der Waals surface area contributed by atoms with E-state index in [1.165, 1.54) is 7.11 Å². The van der Waals surface area contributed by atoms with E-state index in [0.29, 0.717) is 30.3 Å². The third-order valence-corrected chi connectivity index (χ3v) is 3.84. The Bertz CT molecular complexity index is 568. The first-order valence-corrected chi connectivity index (χ1v) is 7.51. The van der Waals surface area contributed by atoms with Crippen molar-refractivity contribution in [3.8, 4) is 11.5 Å². The van der Waals surface area contributed by atoms with Gasteiger partial charge in [0.1, 0.15) is 6.42 Å². The van der Waals surface area contributed by atoms with Gasteiger partial charge in [-0.2, -0.15) is 0 Å². The maximum atomic E-state index is 12.1. The number of carbonyl (C=O) groups excluding carboxylic acids is 2. The van der Waals surface area contributed by atoms with Gasteiger partial charge in [-0.1, -0.05) is 0 Å². The summed E-state index contributed by atoms with van der Waals surface area (Å²) in [5.41, 5.74) is 0.568. The molecule has 1 aromatic rings. The predicted octanol–water partition coefficient (Wildman–Crippen LogP) is 0.806. The Kier molecular flexibility index (Phi) is 5.81. The number of amides is 2. The van der Waals surface area contributed by atoms with Crippen molar-refractivity contribution in [2.24, 2.45) is 0 Å². The molecule has 0 radical (unpaired) electrons. The molecule has 0 aliphatic carbocycles. The molecule has 0 spiro atoms. The Morgan fingerprint density at radius 3 is 2.35 bits per heavy atom. The van der Waals surface area contributed by atoms with E-state index in [1.54, 1.807) is 30.2 Å². The van der Waals surface area contributed by atoms with Crippen LogP contribution in [0.1, 0.15) is 6.42 Å². The molecule has 7 nitrogen and oxygen atoms in total. The first kappa shape index (κ1) is 17.1. The van der Waals surface area contributed by atoms with Crippen LogP contribution in [-0.4, -0.2) is 69.1 Å². The number of hydrogen-bond donors (Lipinski definition) is 1. The smallest absolute Gasteiger partial charge is 0.233 e. The first-order chi connectivity index (χ1) is 11.0. The van der Waals surface area contributed by atoms with Gasteiger partial charge < -0.3 is 24.6 Å². The van der Waals surface area contributed by atoms with Gasteiger partial charge in [-0.3, -0.25) is 9.59 Å². The minimum absolute atomic E-state index is 0.143. The van der Waals surface area contributed by atoms with E-state index in [4.69, 9.17) is 9.47 Å². The number of likely N-dealkylation sites (N-methyl/N-ethyl adjacent to an activating group) is 1. The zero-order valence-corrected chi connectivity index (χ0v) is 13.8. The number of ether oxygens (including phenoxy) is 2. The van der Waals surface area contributed by atoms with Crippen molar-refractivity contribution in [2.75, 3.05) is 52.8 Å². The van der Waals surface area contributed by atoms with Crippen LogP contribution in [0.3, 0.4) is 0 Å². The Balaban J connectivity index is 1.90. The molecule has 126 valence electrons. The quantitative estimate of drug-likeness (QED) is 0.813. The molecule has 2 rings (SSSR count). The van der Waals surface area contributed by atoms with E-state index in [-0.39, 0.29) is 18.2 Å². The lowest BCUT2D eigenvalue weighted by Gasteiger charge is -2.32. The number of methoxy groups -OCH3 is 2. The fourth-order valence-electron chi connectivity index (χ4n) is 2.42. The molecule has 1 aliphatic heterocycles. The molecule has 0 aromatic heterocycles. The van der Waals surface area contributed by atoms with Crippen LogP contribution in [0.2, 0.25) is 0 Å². The third-order valence-electron chi connectivity index (χ3n) is 3.84. The summed E-state index contributed by atoms with van der Waals surface area (Å²) in [5, 5.41) is 2.71. The van der Waals surface area contributed by atoms with E-state index in [0.717, 1.165) is 13.1 Å². The topological polar surface area (TPSA) is 71.1 Å². The molecule has 1 aliphatic rings. The lowest BCUT2D eigenvalue weighted by molar-refractivity contribution is -0.135. The molecule has 0 unspecified atom stereocenters. The van der Waals surface area contributed by atoms with Gasteiger partial charge in [0.2, 0.25) is 11.8 Å². The van der Waals surface area contributed by atoms with Crippen LogP contribution < -0.4 is 14.8 Å². The molecule has 23 heavy (non-hydrogen) atoms. The summed E-state index contributed by atoms with van der Waals surface area (Å²) < 4.78 is 10.3. The number of nitrogens with one attached hydrogen (secondary N) is 1. The second-order valence-corrected chi connectivity index (χ2v) is 5.48. The molecule has 0 atom stereocenters. The molecule has 1 aromatic carbocycles. The number of carbonyl (C=O) groups is 2. The van der Waals surface area contributed by atoms with Gasteiger partial charge in [0.05, 0.1) is 14.2 Å². The van der Waals surface area contributed by atoms with Crippen LogP contribution in [0, 0.1) is 0 Å². The summed E-state index contributed by atoms with van der Waals surface area (Å²) in [5.74, 6) is 0.631. The van der Waals surface area contributed by atoms with Gasteiger partial charge in [0, 0.05) is 37.9 Å². The van der Waals surface area contributed by atoms with Gasteiger partial charge >= 0.3 is 0 Å². The third kappa shape index (κ3) is 4.59. The number of hydrogen-bond acceptors (Lipinski definition) is 5. The van der Waals surface area contributed by atoms with Crippen LogP contribution in [0.4, 0.5) is 5.69 Å². The minimum Gasteiger partial charge on any atom is -0.493 e. The highest BCUT2D eigenvalue weighted by Gasteiger charge is 2.21. The Labute approximate surface area is 136 Å². The SMILES string of the molecule is COc1ccc(NC(=O)CC(=O)N2CCN(C)CC2)cc1OC. The Morgan fingerprint density at radius 1 is 1.09 bits per heavy atom. The average Bonchev–Trinajstić information content (AvgIpc) is 2.55. The maximum absolute atomic E-state index is 12.1. The maximum Gasteiger partial charge on any atom is 0.233 e. The number of anilines is 1. The van der Waals surface area contributed by atoms with Crippen molar-refractivity contribution in [2.45, 2.75) is 6.42 Å². The predicted molar refractivity (Wildman–Crippen MR) is 86.9 cm³/mol. The lowest BCUT2D eigenvalue weighted by Crippen LogP contribution is -2.47. The molecule has 1 saturated heterocycles. The lowest BCUT2D eigenvalue weighted by atomic mass is 10.2. The van der Waals surface area contributed by atoms with E-state index < -0.39 is 0 Å². The van der Waals surface area contributed by atoms with E-state index >= 15 is 0 Å². The van der Waals surface area contributed by atoms with E-state index in [2.05, 4.69) is 10.2 Å². The van der Waals surface area contributed by atoms with Crippen molar-refractivity contribution >= 4 is 17.5 Å². The van der Waals surface area contributed by atoms with Crippen molar-refractivity contribution < 1.29 is 19.1 Å². The van der Waals surface area contributed by atoms with Crippen LogP contribution in [-0.2, 0) is 9.59 Å². The fraction of sp³-hybridized carbons (Fsp3) is 0.500. The fourth-order valence-corrected chi connectivity index (χ4v) is 2.42. The average molecular weight is 321 g/mol. The summed E-state index contributed by atoms with van der Waals surface area (Å²) in [6, 6.07) is 5.08. The standard InChI is InChI=1S/C16H23N3O4/c1-18-6-8-19(9-7-18)16(21)11-15(20)17-12-4-5-13(22-2)14(10-12)23-3/h4-5,10H,6-9,11H2,1-3H3,(H,17,20). The van der Waals surface area contributed by atoms with Gasteiger partial charge in [-0.25, -0.2) is 0 Å². The summed E-state index contributed by atoms with van der Waals surface area (Å²) in [7, 11) is 5.09. The number of benzene rings is 1. The molecular weight excluding hydrogens is 298 g/mol. The molecule has 0 bridgehead atoms. The largest absolute Gasteiger partial charge is 0.493 e. The second-order valence-electron chi connectivity index (χ2n) is 5.48. The summed E-state index contributed by atoms with van der Waals surface area (Å²) in [4.78, 5) is 28.1. The molecular formula is C16H23N3O4. The van der Waals surface area contributed by atoms with E-state index in [9.17, 15) is 9.59 Å². The van der Waals surface area contributed by atoms with Gasteiger partial charge in [-0.05, 0) is 19.2 Å². The minimum atomic E-state index is -0.332. The normalized spacial score (nSPS) is 15.2. The second kappa shape index (κ2) is 7.82. The summed E-state index contributed by atoms with van der Waals surface area (Å²) in [6.45, 7) is 3.00. The first-order valence-electron chi connectivity index (χ1n) is 7.51. The van der Waals surface area contributed by atoms with Gasteiger partial charge in [0.15, 0.2) is 11.5 Å². The van der Waals surface area contributed by atoms with Crippen molar-refractivity contribution in [1.29, 1.82) is 0 Å². The zero-order chi connectivity index (χ0) is 16.8. The number of piperazine rings is 1. The Hall–Kier alpha value is -2.28.